The largest absolute Gasteiger partial charge is 0.493 e. The van der Waals surface area contributed by atoms with Gasteiger partial charge in [0.1, 0.15) is 5.52 Å². The van der Waals surface area contributed by atoms with Crippen molar-refractivity contribution in [3.05, 3.63) is 70.7 Å². The van der Waals surface area contributed by atoms with Crippen LogP contribution < -0.4 is 14.8 Å². The highest BCUT2D eigenvalue weighted by atomic mass is 79.9. The lowest BCUT2D eigenvalue weighted by atomic mass is 10.1. The lowest BCUT2D eigenvalue weighted by molar-refractivity contribution is 0.102. The van der Waals surface area contributed by atoms with Crippen LogP contribution in [0.3, 0.4) is 0 Å². The van der Waals surface area contributed by atoms with Crippen molar-refractivity contribution in [1.82, 2.24) is 4.98 Å². The average Bonchev–Trinajstić information content (AvgIpc) is 3.17. The highest BCUT2D eigenvalue weighted by Gasteiger charge is 2.13. The quantitative estimate of drug-likeness (QED) is 0.431. The number of amides is 1. The molecule has 0 atom stereocenters. The molecule has 146 valence electrons. The summed E-state index contributed by atoms with van der Waals surface area (Å²) in [6.45, 7) is 0. The Balaban J connectivity index is 1.58. The summed E-state index contributed by atoms with van der Waals surface area (Å²) >= 11 is 3.42. The molecule has 0 fully saturated rings. The molecule has 0 spiro atoms. The van der Waals surface area contributed by atoms with Crippen LogP contribution in [-0.2, 0) is 0 Å². The van der Waals surface area contributed by atoms with Gasteiger partial charge in [0.25, 0.3) is 5.91 Å². The van der Waals surface area contributed by atoms with Crippen molar-refractivity contribution >= 4 is 38.6 Å². The Morgan fingerprint density at radius 3 is 2.45 bits per heavy atom. The fourth-order valence-electron chi connectivity index (χ4n) is 2.90. The molecule has 0 saturated carbocycles. The van der Waals surface area contributed by atoms with Gasteiger partial charge in [-0.2, -0.15) is 0 Å². The van der Waals surface area contributed by atoms with E-state index < -0.39 is 0 Å². The van der Waals surface area contributed by atoms with E-state index in [1.54, 1.807) is 43.5 Å². The monoisotopic (exact) mass is 452 g/mol. The summed E-state index contributed by atoms with van der Waals surface area (Å²) in [4.78, 5) is 17.2. The molecule has 0 aliphatic rings. The van der Waals surface area contributed by atoms with E-state index in [9.17, 15) is 4.79 Å². The molecule has 0 bridgehead atoms. The number of hydrogen-bond acceptors (Lipinski definition) is 5. The van der Waals surface area contributed by atoms with Crippen LogP contribution in [-0.4, -0.2) is 25.1 Å². The maximum atomic E-state index is 12.6. The normalized spacial score (nSPS) is 10.7. The van der Waals surface area contributed by atoms with E-state index in [2.05, 4.69) is 26.2 Å². The first kappa shape index (κ1) is 19.0. The van der Waals surface area contributed by atoms with E-state index in [1.807, 2.05) is 24.3 Å². The molecule has 0 aliphatic heterocycles. The van der Waals surface area contributed by atoms with Gasteiger partial charge >= 0.3 is 0 Å². The molecule has 4 rings (SSSR count). The number of carbonyl (C=O) groups excluding carboxylic acids is 1. The number of anilines is 1. The molecule has 0 aliphatic carbocycles. The summed E-state index contributed by atoms with van der Waals surface area (Å²) in [5, 5.41) is 2.87. The van der Waals surface area contributed by atoms with Crippen molar-refractivity contribution in [1.29, 1.82) is 0 Å². The standard InChI is InChI=1S/C22H17BrN2O4/c1-27-19-9-5-14(11-20(19)28-2)21(26)24-16-8-10-18-17(12-16)25-22(29-18)13-3-6-15(23)7-4-13/h3-12H,1-2H3,(H,24,26). The topological polar surface area (TPSA) is 73.6 Å². The summed E-state index contributed by atoms with van der Waals surface area (Å²) in [7, 11) is 3.08. The summed E-state index contributed by atoms with van der Waals surface area (Å²) in [6, 6.07) is 18.1. The highest BCUT2D eigenvalue weighted by molar-refractivity contribution is 9.10. The van der Waals surface area contributed by atoms with Crippen LogP contribution in [0.2, 0.25) is 0 Å². The van der Waals surface area contributed by atoms with Crippen molar-refractivity contribution in [3.8, 4) is 23.0 Å². The Morgan fingerprint density at radius 2 is 1.72 bits per heavy atom. The van der Waals surface area contributed by atoms with E-state index in [4.69, 9.17) is 13.9 Å². The Morgan fingerprint density at radius 1 is 0.966 bits per heavy atom. The Labute approximate surface area is 175 Å². The SMILES string of the molecule is COc1ccc(C(=O)Nc2ccc3oc(-c4ccc(Br)cc4)nc3c2)cc1OC. The van der Waals surface area contributed by atoms with Crippen molar-refractivity contribution in [2.45, 2.75) is 0 Å². The fraction of sp³-hybridized carbons (Fsp3) is 0.0909. The third-order valence-electron chi connectivity index (χ3n) is 4.38. The van der Waals surface area contributed by atoms with E-state index in [1.165, 1.54) is 7.11 Å². The van der Waals surface area contributed by atoms with Crippen LogP contribution in [0.1, 0.15) is 10.4 Å². The zero-order valence-electron chi connectivity index (χ0n) is 15.7. The van der Waals surface area contributed by atoms with Crippen molar-refractivity contribution in [2.24, 2.45) is 0 Å². The second-order valence-corrected chi connectivity index (χ2v) is 7.15. The lowest BCUT2D eigenvalue weighted by Gasteiger charge is -2.10. The van der Waals surface area contributed by atoms with Gasteiger partial charge in [0.2, 0.25) is 5.89 Å². The number of carbonyl (C=O) groups is 1. The number of rotatable bonds is 5. The van der Waals surface area contributed by atoms with Crippen LogP contribution in [0.5, 0.6) is 11.5 Å². The molecule has 1 N–H and O–H groups in total. The van der Waals surface area contributed by atoms with Crippen LogP contribution in [0.25, 0.3) is 22.6 Å². The molecule has 29 heavy (non-hydrogen) atoms. The number of halogens is 1. The number of fused-ring (bicyclic) bond motifs is 1. The third-order valence-corrected chi connectivity index (χ3v) is 4.91. The molecule has 1 heterocycles. The third kappa shape index (κ3) is 3.95. The summed E-state index contributed by atoms with van der Waals surface area (Å²) in [5.41, 5.74) is 3.26. The van der Waals surface area contributed by atoms with Crippen LogP contribution in [0, 0.1) is 0 Å². The van der Waals surface area contributed by atoms with Gasteiger partial charge in [-0.3, -0.25) is 4.79 Å². The van der Waals surface area contributed by atoms with Crippen LogP contribution in [0.4, 0.5) is 5.69 Å². The van der Waals surface area contributed by atoms with Gasteiger partial charge in [0.15, 0.2) is 17.1 Å². The van der Waals surface area contributed by atoms with E-state index in [-0.39, 0.29) is 5.91 Å². The van der Waals surface area contributed by atoms with Gasteiger partial charge in [-0.25, -0.2) is 4.98 Å². The molecular weight excluding hydrogens is 436 g/mol. The van der Waals surface area contributed by atoms with E-state index >= 15 is 0 Å². The number of nitrogens with zero attached hydrogens (tertiary/aromatic N) is 1. The summed E-state index contributed by atoms with van der Waals surface area (Å²) in [5.74, 6) is 1.32. The minimum absolute atomic E-state index is 0.262. The molecule has 4 aromatic rings. The molecule has 0 radical (unpaired) electrons. The zero-order valence-corrected chi connectivity index (χ0v) is 17.3. The molecule has 0 saturated heterocycles. The second-order valence-electron chi connectivity index (χ2n) is 6.23. The molecule has 7 heteroatoms. The molecule has 6 nitrogen and oxygen atoms in total. The average molecular weight is 453 g/mol. The first-order valence-corrected chi connectivity index (χ1v) is 9.56. The Bertz CT molecular complexity index is 1190. The molecule has 1 aromatic heterocycles. The maximum absolute atomic E-state index is 12.6. The second kappa shape index (κ2) is 7.97. The van der Waals surface area contributed by atoms with Gasteiger partial charge in [-0.15, -0.1) is 0 Å². The number of oxazole rings is 1. The molecular formula is C22H17BrN2O4. The van der Waals surface area contributed by atoms with Crippen molar-refractivity contribution in [3.63, 3.8) is 0 Å². The fourth-order valence-corrected chi connectivity index (χ4v) is 3.17. The number of hydrogen-bond donors (Lipinski definition) is 1. The zero-order chi connectivity index (χ0) is 20.4. The van der Waals surface area contributed by atoms with Crippen molar-refractivity contribution in [2.75, 3.05) is 19.5 Å². The summed E-state index contributed by atoms with van der Waals surface area (Å²) < 4.78 is 17.3. The highest BCUT2D eigenvalue weighted by Crippen LogP contribution is 2.29. The molecule has 1 amide bonds. The number of ether oxygens (including phenoxy) is 2. The van der Waals surface area contributed by atoms with Gasteiger partial charge in [0.05, 0.1) is 14.2 Å². The first-order valence-electron chi connectivity index (χ1n) is 8.77. The van der Waals surface area contributed by atoms with Crippen LogP contribution in [0.15, 0.2) is 69.6 Å². The van der Waals surface area contributed by atoms with Crippen LogP contribution >= 0.6 is 15.9 Å². The minimum Gasteiger partial charge on any atom is -0.493 e. The predicted octanol–water partition coefficient (Wildman–Crippen LogP) is 5.53. The number of methoxy groups -OCH3 is 2. The lowest BCUT2D eigenvalue weighted by Crippen LogP contribution is -2.12. The van der Waals surface area contributed by atoms with E-state index in [0.717, 1.165) is 10.0 Å². The van der Waals surface area contributed by atoms with Gasteiger partial charge in [-0.05, 0) is 60.7 Å². The van der Waals surface area contributed by atoms with Gasteiger partial charge in [-0.1, -0.05) is 15.9 Å². The van der Waals surface area contributed by atoms with Gasteiger partial charge in [0, 0.05) is 21.3 Å². The minimum atomic E-state index is -0.262. The summed E-state index contributed by atoms with van der Waals surface area (Å²) in [6.07, 6.45) is 0. The Kier molecular flexibility index (Phi) is 5.22. The Hall–Kier alpha value is -3.32. The van der Waals surface area contributed by atoms with Crippen molar-refractivity contribution < 1.29 is 18.7 Å². The molecule has 0 unspecified atom stereocenters. The first-order chi connectivity index (χ1) is 14.1. The number of aromatic nitrogens is 1. The van der Waals surface area contributed by atoms with E-state index in [0.29, 0.717) is 39.7 Å². The smallest absolute Gasteiger partial charge is 0.255 e. The maximum Gasteiger partial charge on any atom is 0.255 e. The van der Waals surface area contributed by atoms with Gasteiger partial charge < -0.3 is 19.2 Å². The number of nitrogens with one attached hydrogen (secondary N) is 1. The predicted molar refractivity (Wildman–Crippen MR) is 115 cm³/mol. The molecule has 3 aromatic carbocycles. The number of benzene rings is 3.